The number of likely N-dealkylation sites (N-methyl/N-ethyl adjacent to an activating group) is 1. The average molecular weight is 470 g/mol. The predicted octanol–water partition coefficient (Wildman–Crippen LogP) is 4.68. The van der Waals surface area contributed by atoms with E-state index in [0.717, 1.165) is 15.8 Å². The third-order valence-electron chi connectivity index (χ3n) is 5.69. The van der Waals surface area contributed by atoms with Crippen LogP contribution in [0.25, 0.3) is 6.08 Å². The Morgan fingerprint density at radius 3 is 2.72 bits per heavy atom. The number of nitrogens with zero attached hydrogens (tertiary/aromatic N) is 4. The number of halogens is 1. The minimum Gasteiger partial charge on any atom is -0.370 e. The van der Waals surface area contributed by atoms with Gasteiger partial charge in [0, 0.05) is 40.7 Å². The van der Waals surface area contributed by atoms with E-state index in [2.05, 4.69) is 80.5 Å². The monoisotopic (exact) mass is 469 g/mol. The second-order valence-electron chi connectivity index (χ2n) is 7.53. The van der Waals surface area contributed by atoms with E-state index >= 15 is 0 Å². The lowest BCUT2D eigenvalue weighted by Gasteiger charge is -2.51. The first-order valence-corrected chi connectivity index (χ1v) is 11.1. The second kappa shape index (κ2) is 7.80. The van der Waals surface area contributed by atoms with Crippen LogP contribution in [0.3, 0.4) is 0 Å². The molecular formula is C22H24BrN5S. The zero-order valence-corrected chi connectivity index (χ0v) is 18.9. The van der Waals surface area contributed by atoms with Crippen LogP contribution < -0.4 is 5.73 Å². The average Bonchev–Trinajstić information content (AvgIpc) is 3.39. The van der Waals surface area contributed by atoms with Crippen molar-refractivity contribution in [2.45, 2.75) is 24.4 Å². The van der Waals surface area contributed by atoms with Crippen LogP contribution in [-0.4, -0.2) is 34.2 Å². The van der Waals surface area contributed by atoms with Crippen LogP contribution in [0.5, 0.6) is 0 Å². The van der Waals surface area contributed by atoms with Crippen molar-refractivity contribution >= 4 is 39.3 Å². The van der Waals surface area contributed by atoms with Crippen molar-refractivity contribution < 1.29 is 0 Å². The summed E-state index contributed by atoms with van der Waals surface area (Å²) in [5.41, 5.74) is 6.50. The molecule has 0 spiro atoms. The van der Waals surface area contributed by atoms with Gasteiger partial charge in [-0.1, -0.05) is 42.5 Å². The highest BCUT2D eigenvalue weighted by atomic mass is 79.9. The molecule has 0 fully saturated rings. The van der Waals surface area contributed by atoms with Crippen molar-refractivity contribution in [2.75, 3.05) is 13.6 Å². The summed E-state index contributed by atoms with van der Waals surface area (Å²) in [6, 6.07) is 14.5. The molecule has 1 aromatic carbocycles. The number of allylic oxidation sites excluding steroid dienone is 1. The molecule has 0 radical (unpaired) electrons. The molecular weight excluding hydrogens is 446 g/mol. The standard InChI is InChI=1S/C22H24BrN5S/c1-21(19-14-18(23)15-29-19)22(28-13-7-12-25-28,16-27(2)20(24)26-21)11-6-10-17-8-4-3-5-9-17/h3-10,12-15H,11,16H2,1-2H3,(H2,24,26)/t21-,22-/m1/s1. The zero-order valence-electron chi connectivity index (χ0n) is 16.5. The zero-order chi connectivity index (χ0) is 20.5. The van der Waals surface area contributed by atoms with E-state index in [4.69, 9.17) is 10.7 Å². The Kier molecular flexibility index (Phi) is 5.36. The fourth-order valence-electron chi connectivity index (χ4n) is 4.03. The number of aromatic nitrogens is 2. The van der Waals surface area contributed by atoms with E-state index in [0.29, 0.717) is 12.5 Å². The van der Waals surface area contributed by atoms with Crippen molar-refractivity contribution in [1.29, 1.82) is 0 Å². The van der Waals surface area contributed by atoms with Crippen molar-refractivity contribution in [2.24, 2.45) is 10.7 Å². The summed E-state index contributed by atoms with van der Waals surface area (Å²) in [5, 5.41) is 6.76. The molecule has 7 heteroatoms. The number of aliphatic imine (C=N–C) groups is 1. The molecule has 4 rings (SSSR count). The van der Waals surface area contributed by atoms with Gasteiger partial charge >= 0.3 is 0 Å². The van der Waals surface area contributed by atoms with Crippen LogP contribution in [0.2, 0.25) is 0 Å². The van der Waals surface area contributed by atoms with Gasteiger partial charge < -0.3 is 10.6 Å². The van der Waals surface area contributed by atoms with E-state index in [1.54, 1.807) is 11.3 Å². The van der Waals surface area contributed by atoms with Gasteiger partial charge in [0.05, 0.1) is 0 Å². The van der Waals surface area contributed by atoms with Crippen LogP contribution in [0.1, 0.15) is 23.8 Å². The molecule has 1 aliphatic heterocycles. The van der Waals surface area contributed by atoms with E-state index < -0.39 is 11.1 Å². The lowest BCUT2D eigenvalue weighted by atomic mass is 9.73. The largest absolute Gasteiger partial charge is 0.370 e. The topological polar surface area (TPSA) is 59.4 Å². The number of nitrogens with two attached hydrogens (primary N) is 1. The van der Waals surface area contributed by atoms with Crippen molar-refractivity contribution in [1.82, 2.24) is 14.7 Å². The maximum absolute atomic E-state index is 6.31. The Labute approximate surface area is 183 Å². The highest BCUT2D eigenvalue weighted by Crippen LogP contribution is 2.49. The van der Waals surface area contributed by atoms with Crippen molar-refractivity contribution in [3.63, 3.8) is 0 Å². The minimum absolute atomic E-state index is 0.427. The Hall–Kier alpha value is -2.38. The molecule has 1 aliphatic rings. The number of hydrogen-bond donors (Lipinski definition) is 1. The number of rotatable bonds is 5. The summed E-state index contributed by atoms with van der Waals surface area (Å²) in [6.45, 7) is 2.87. The predicted molar refractivity (Wildman–Crippen MR) is 124 cm³/mol. The van der Waals surface area contributed by atoms with Crippen LogP contribution in [0.4, 0.5) is 0 Å². The molecule has 5 nitrogen and oxygen atoms in total. The minimum atomic E-state index is -0.562. The summed E-state index contributed by atoms with van der Waals surface area (Å²) < 4.78 is 3.11. The highest BCUT2D eigenvalue weighted by Gasteiger charge is 2.55. The van der Waals surface area contributed by atoms with Gasteiger partial charge in [-0.3, -0.25) is 4.68 Å². The number of guanidine groups is 1. The molecule has 0 saturated heterocycles. The van der Waals surface area contributed by atoms with Crippen LogP contribution in [0, 0.1) is 0 Å². The first-order chi connectivity index (χ1) is 13.9. The Morgan fingerprint density at radius 2 is 2.07 bits per heavy atom. The van der Waals surface area contributed by atoms with E-state index in [-0.39, 0.29) is 0 Å². The molecule has 3 aromatic rings. The summed E-state index contributed by atoms with van der Waals surface area (Å²) in [5.74, 6) is 0.548. The van der Waals surface area contributed by atoms with E-state index in [9.17, 15) is 0 Å². The van der Waals surface area contributed by atoms with Crippen molar-refractivity contribution in [3.8, 4) is 0 Å². The van der Waals surface area contributed by atoms with Gasteiger partial charge in [0.2, 0.25) is 0 Å². The van der Waals surface area contributed by atoms with Gasteiger partial charge in [-0.15, -0.1) is 11.3 Å². The molecule has 3 heterocycles. The van der Waals surface area contributed by atoms with Gasteiger partial charge in [0.15, 0.2) is 5.96 Å². The summed E-state index contributed by atoms with van der Waals surface area (Å²) in [6.07, 6.45) is 9.01. The molecule has 0 saturated carbocycles. The van der Waals surface area contributed by atoms with E-state index in [1.165, 1.54) is 5.56 Å². The quantitative estimate of drug-likeness (QED) is 0.589. The molecule has 0 amide bonds. The van der Waals surface area contributed by atoms with E-state index in [1.807, 2.05) is 36.5 Å². The third kappa shape index (κ3) is 3.53. The molecule has 0 unspecified atom stereocenters. The van der Waals surface area contributed by atoms with Crippen LogP contribution in [0.15, 0.2) is 75.8 Å². The highest BCUT2D eigenvalue weighted by molar-refractivity contribution is 9.10. The molecule has 29 heavy (non-hydrogen) atoms. The molecule has 0 aliphatic carbocycles. The SMILES string of the molecule is CN1C[C@@](CC=Cc2ccccc2)(n2cccn2)[C@@](C)(c2cc(Br)cs2)N=C1N. The molecule has 2 N–H and O–H groups in total. The lowest BCUT2D eigenvalue weighted by molar-refractivity contribution is 0.0854. The number of thiophene rings is 1. The second-order valence-corrected chi connectivity index (χ2v) is 9.35. The summed E-state index contributed by atoms with van der Waals surface area (Å²) >= 11 is 5.30. The summed E-state index contributed by atoms with van der Waals surface area (Å²) in [7, 11) is 1.99. The van der Waals surface area contributed by atoms with Gasteiger partial charge in [0.1, 0.15) is 11.1 Å². The number of benzene rings is 1. The smallest absolute Gasteiger partial charge is 0.192 e. The van der Waals surface area contributed by atoms with Crippen molar-refractivity contribution in [3.05, 3.63) is 81.2 Å². The molecule has 2 aromatic heterocycles. The molecule has 2 atom stereocenters. The maximum atomic E-state index is 6.31. The fourth-order valence-corrected chi connectivity index (χ4v) is 5.66. The lowest BCUT2D eigenvalue weighted by Crippen LogP contribution is -2.62. The van der Waals surface area contributed by atoms with Crippen LogP contribution >= 0.6 is 27.3 Å². The Bertz CT molecular complexity index is 1030. The number of hydrogen-bond acceptors (Lipinski definition) is 5. The summed E-state index contributed by atoms with van der Waals surface area (Å²) in [4.78, 5) is 8.20. The fraction of sp³-hybridized carbons (Fsp3) is 0.273. The maximum Gasteiger partial charge on any atom is 0.192 e. The molecule has 150 valence electrons. The normalized spacial score (nSPS) is 24.8. The Morgan fingerprint density at radius 1 is 1.28 bits per heavy atom. The van der Waals surface area contributed by atoms with Gasteiger partial charge in [0.25, 0.3) is 0 Å². The van der Waals surface area contributed by atoms with Gasteiger partial charge in [-0.2, -0.15) is 5.10 Å². The third-order valence-corrected chi connectivity index (χ3v) is 7.59. The van der Waals surface area contributed by atoms with Crippen LogP contribution in [-0.2, 0) is 11.1 Å². The first-order valence-electron chi connectivity index (χ1n) is 9.47. The van der Waals surface area contributed by atoms with Gasteiger partial charge in [-0.05, 0) is 47.0 Å². The Balaban J connectivity index is 1.84. The molecule has 0 bridgehead atoms. The van der Waals surface area contributed by atoms with Gasteiger partial charge in [-0.25, -0.2) is 4.99 Å². The first kappa shape index (κ1) is 19.9.